The molecule has 124 valence electrons. The van der Waals surface area contributed by atoms with Crippen molar-refractivity contribution in [1.82, 2.24) is 4.90 Å². The van der Waals surface area contributed by atoms with Gasteiger partial charge in [0, 0.05) is 6.54 Å². The zero-order valence-corrected chi connectivity index (χ0v) is 12.9. The van der Waals surface area contributed by atoms with Gasteiger partial charge in [0.1, 0.15) is 5.82 Å². The summed E-state index contributed by atoms with van der Waals surface area (Å²) in [6.45, 7) is 0.393. The van der Waals surface area contributed by atoms with Crippen LogP contribution in [-0.4, -0.2) is 40.5 Å². The molecule has 1 aromatic carbocycles. The molecule has 0 aromatic heterocycles. The second kappa shape index (κ2) is 5.60. The SMILES string of the molecule is NC(=O)C1(O)CCCN(C(=O)C2(c3cccc(F)c3)CCC2)C1. The van der Waals surface area contributed by atoms with Gasteiger partial charge >= 0.3 is 0 Å². The Balaban J connectivity index is 1.87. The molecule has 3 N–H and O–H groups in total. The summed E-state index contributed by atoms with van der Waals surface area (Å²) in [6, 6.07) is 6.13. The normalized spacial score (nSPS) is 26.4. The molecule has 2 aliphatic rings. The lowest BCUT2D eigenvalue weighted by molar-refractivity contribution is -0.154. The second-order valence-corrected chi connectivity index (χ2v) is 6.67. The number of nitrogens with two attached hydrogens (primary N) is 1. The molecule has 2 amide bonds. The number of hydrogen-bond donors (Lipinski definition) is 2. The van der Waals surface area contributed by atoms with E-state index in [0.29, 0.717) is 31.4 Å². The maximum Gasteiger partial charge on any atom is 0.251 e. The summed E-state index contributed by atoms with van der Waals surface area (Å²) in [4.78, 5) is 26.1. The number of carbonyl (C=O) groups excluding carboxylic acids is 2. The number of carbonyl (C=O) groups is 2. The lowest BCUT2D eigenvalue weighted by atomic mass is 9.63. The van der Waals surface area contributed by atoms with Crippen molar-refractivity contribution in [3.8, 4) is 0 Å². The van der Waals surface area contributed by atoms with Gasteiger partial charge in [0.05, 0.1) is 12.0 Å². The highest BCUT2D eigenvalue weighted by Crippen LogP contribution is 2.46. The third-order valence-electron chi connectivity index (χ3n) is 5.21. The van der Waals surface area contributed by atoms with Crippen LogP contribution in [0.15, 0.2) is 24.3 Å². The van der Waals surface area contributed by atoms with Crippen LogP contribution in [0.4, 0.5) is 4.39 Å². The zero-order chi connectivity index (χ0) is 16.7. The van der Waals surface area contributed by atoms with Crippen LogP contribution in [0.5, 0.6) is 0 Å². The fraction of sp³-hybridized carbons (Fsp3) is 0.529. The van der Waals surface area contributed by atoms with Crippen LogP contribution >= 0.6 is 0 Å². The standard InChI is InChI=1S/C17H21FN2O3/c18-13-5-1-4-12(10-13)16(6-2-7-16)15(22)20-9-3-8-17(23,11-20)14(19)21/h1,4-5,10,23H,2-3,6-9,11H2,(H2,19,21). The first-order valence-electron chi connectivity index (χ1n) is 7.95. The molecule has 1 aliphatic heterocycles. The van der Waals surface area contributed by atoms with Gasteiger partial charge in [-0.3, -0.25) is 9.59 Å². The first kappa shape index (κ1) is 15.9. The molecule has 3 rings (SSSR count). The fourth-order valence-electron chi connectivity index (χ4n) is 3.66. The summed E-state index contributed by atoms with van der Waals surface area (Å²) in [7, 11) is 0. The minimum Gasteiger partial charge on any atom is -0.378 e. The summed E-state index contributed by atoms with van der Waals surface area (Å²) < 4.78 is 13.6. The Morgan fingerprint density at radius 2 is 1.96 bits per heavy atom. The third-order valence-corrected chi connectivity index (χ3v) is 5.21. The monoisotopic (exact) mass is 320 g/mol. The molecular formula is C17H21FN2O3. The quantitative estimate of drug-likeness (QED) is 0.874. The van der Waals surface area contributed by atoms with Crippen LogP contribution in [-0.2, 0) is 15.0 Å². The highest BCUT2D eigenvalue weighted by molar-refractivity contribution is 5.91. The Hall–Kier alpha value is -1.95. The van der Waals surface area contributed by atoms with E-state index < -0.39 is 16.9 Å². The number of halogens is 1. The maximum atomic E-state index is 13.6. The molecule has 1 heterocycles. The molecule has 1 aromatic rings. The molecule has 1 saturated carbocycles. The van der Waals surface area contributed by atoms with Gasteiger partial charge in [0.2, 0.25) is 5.91 Å². The minimum absolute atomic E-state index is 0.0851. The van der Waals surface area contributed by atoms with Crippen molar-refractivity contribution >= 4 is 11.8 Å². The number of benzene rings is 1. The average molecular weight is 320 g/mol. The molecule has 0 radical (unpaired) electrons. The van der Waals surface area contributed by atoms with Gasteiger partial charge in [-0.1, -0.05) is 18.6 Å². The summed E-state index contributed by atoms with van der Waals surface area (Å²) in [5.74, 6) is -1.31. The van der Waals surface area contributed by atoms with E-state index in [0.717, 1.165) is 6.42 Å². The molecule has 1 unspecified atom stereocenters. The van der Waals surface area contributed by atoms with E-state index in [9.17, 15) is 19.1 Å². The second-order valence-electron chi connectivity index (χ2n) is 6.67. The topological polar surface area (TPSA) is 83.6 Å². The largest absolute Gasteiger partial charge is 0.378 e. The molecule has 6 heteroatoms. The number of primary amides is 1. The Kier molecular flexibility index (Phi) is 3.88. The van der Waals surface area contributed by atoms with Gasteiger partial charge in [-0.15, -0.1) is 0 Å². The van der Waals surface area contributed by atoms with E-state index in [1.807, 2.05) is 0 Å². The Labute approximate surface area is 134 Å². The molecule has 1 aliphatic carbocycles. The van der Waals surface area contributed by atoms with Crippen molar-refractivity contribution in [2.45, 2.75) is 43.1 Å². The van der Waals surface area contributed by atoms with Crippen LogP contribution in [0.2, 0.25) is 0 Å². The van der Waals surface area contributed by atoms with Crippen LogP contribution in [0.3, 0.4) is 0 Å². The van der Waals surface area contributed by atoms with Crippen molar-refractivity contribution in [1.29, 1.82) is 0 Å². The maximum absolute atomic E-state index is 13.6. The third kappa shape index (κ3) is 2.61. The number of rotatable bonds is 3. The highest BCUT2D eigenvalue weighted by Gasteiger charge is 2.50. The molecule has 1 saturated heterocycles. The van der Waals surface area contributed by atoms with E-state index in [1.165, 1.54) is 17.0 Å². The van der Waals surface area contributed by atoms with Gasteiger partial charge in [0.15, 0.2) is 5.60 Å². The van der Waals surface area contributed by atoms with E-state index in [2.05, 4.69) is 0 Å². The van der Waals surface area contributed by atoms with Crippen LogP contribution in [0.1, 0.15) is 37.7 Å². The van der Waals surface area contributed by atoms with Crippen LogP contribution in [0.25, 0.3) is 0 Å². The van der Waals surface area contributed by atoms with Crippen molar-refractivity contribution in [2.24, 2.45) is 5.73 Å². The molecule has 0 bridgehead atoms. The van der Waals surface area contributed by atoms with Gasteiger partial charge < -0.3 is 15.7 Å². The molecule has 5 nitrogen and oxygen atoms in total. The summed E-state index contributed by atoms with van der Waals surface area (Å²) in [5.41, 5.74) is 3.54. The number of β-amino-alcohol motifs (C(OH)–C–C–N with tert-alkyl or cyclic N) is 1. The number of amides is 2. The molecule has 2 fully saturated rings. The van der Waals surface area contributed by atoms with Crippen molar-refractivity contribution < 1.29 is 19.1 Å². The Morgan fingerprint density at radius 3 is 2.52 bits per heavy atom. The molecular weight excluding hydrogens is 299 g/mol. The lowest BCUT2D eigenvalue weighted by Gasteiger charge is -2.47. The van der Waals surface area contributed by atoms with Gasteiger partial charge in [-0.2, -0.15) is 0 Å². The number of aliphatic hydroxyl groups is 1. The van der Waals surface area contributed by atoms with E-state index in [4.69, 9.17) is 5.73 Å². The lowest BCUT2D eigenvalue weighted by Crippen LogP contribution is -2.61. The van der Waals surface area contributed by atoms with Crippen molar-refractivity contribution in [3.63, 3.8) is 0 Å². The first-order chi connectivity index (χ1) is 10.9. The zero-order valence-electron chi connectivity index (χ0n) is 12.9. The molecule has 0 spiro atoms. The van der Waals surface area contributed by atoms with Crippen LogP contribution < -0.4 is 5.73 Å². The van der Waals surface area contributed by atoms with Crippen LogP contribution in [0, 0.1) is 5.82 Å². The molecule has 23 heavy (non-hydrogen) atoms. The predicted molar refractivity (Wildman–Crippen MR) is 81.9 cm³/mol. The van der Waals surface area contributed by atoms with E-state index >= 15 is 0 Å². The van der Waals surface area contributed by atoms with Gasteiger partial charge in [-0.05, 0) is 43.4 Å². The summed E-state index contributed by atoms with van der Waals surface area (Å²) >= 11 is 0. The van der Waals surface area contributed by atoms with Crippen molar-refractivity contribution in [2.75, 3.05) is 13.1 Å². The van der Waals surface area contributed by atoms with Gasteiger partial charge in [-0.25, -0.2) is 4.39 Å². The van der Waals surface area contributed by atoms with Gasteiger partial charge in [0.25, 0.3) is 5.91 Å². The summed E-state index contributed by atoms with van der Waals surface area (Å²) in [5, 5.41) is 10.3. The van der Waals surface area contributed by atoms with Crippen molar-refractivity contribution in [3.05, 3.63) is 35.6 Å². The number of likely N-dealkylation sites (tertiary alicyclic amines) is 1. The Morgan fingerprint density at radius 1 is 1.22 bits per heavy atom. The first-order valence-corrected chi connectivity index (χ1v) is 7.95. The Bertz CT molecular complexity index is 644. The highest BCUT2D eigenvalue weighted by atomic mass is 19.1. The number of nitrogens with zero attached hydrogens (tertiary/aromatic N) is 1. The smallest absolute Gasteiger partial charge is 0.251 e. The van der Waals surface area contributed by atoms with E-state index in [1.54, 1.807) is 12.1 Å². The number of piperidine rings is 1. The average Bonchev–Trinajstić information content (AvgIpc) is 2.46. The molecule has 1 atom stereocenters. The number of hydrogen-bond acceptors (Lipinski definition) is 3. The summed E-state index contributed by atoms with van der Waals surface area (Å²) in [6.07, 6.45) is 2.99. The predicted octanol–water partition coefficient (Wildman–Crippen LogP) is 1.09. The van der Waals surface area contributed by atoms with E-state index in [-0.39, 0.29) is 24.7 Å². The minimum atomic E-state index is -1.67. The fourth-order valence-corrected chi connectivity index (χ4v) is 3.66.